The van der Waals surface area contributed by atoms with E-state index in [1.807, 2.05) is 19.1 Å². The van der Waals surface area contributed by atoms with E-state index < -0.39 is 5.54 Å². The van der Waals surface area contributed by atoms with E-state index in [1.165, 1.54) is 12.0 Å². The van der Waals surface area contributed by atoms with Gasteiger partial charge in [0.25, 0.3) is 0 Å². The Morgan fingerprint density at radius 3 is 2.58 bits per heavy atom. The molecule has 0 unspecified atom stereocenters. The van der Waals surface area contributed by atoms with Crippen molar-refractivity contribution in [3.8, 4) is 0 Å². The minimum absolute atomic E-state index is 0.0362. The zero-order valence-corrected chi connectivity index (χ0v) is 14.1. The molecule has 128 valence electrons. The molecule has 1 aromatic heterocycles. The number of aromatic nitrogens is 2. The van der Waals surface area contributed by atoms with Crippen LogP contribution in [0.25, 0.3) is 0 Å². The largest absolute Gasteiger partial charge is 0.381 e. The van der Waals surface area contributed by atoms with Gasteiger partial charge in [0.1, 0.15) is 5.54 Å². The number of carbonyl (C=O) groups is 1. The second kappa shape index (κ2) is 7.13. The van der Waals surface area contributed by atoms with Gasteiger partial charge < -0.3 is 14.6 Å². The molecular weight excluding hydrogens is 306 g/mol. The fourth-order valence-corrected chi connectivity index (χ4v) is 3.04. The van der Waals surface area contributed by atoms with Gasteiger partial charge in [0.05, 0.1) is 5.92 Å². The fourth-order valence-electron chi connectivity index (χ4n) is 3.04. The number of nitrogens with one attached hydrogen (secondary N) is 1. The van der Waals surface area contributed by atoms with Crippen molar-refractivity contribution >= 4 is 5.91 Å². The van der Waals surface area contributed by atoms with Gasteiger partial charge in [0.2, 0.25) is 12.3 Å². The maximum atomic E-state index is 12.8. The van der Waals surface area contributed by atoms with Crippen LogP contribution in [-0.2, 0) is 21.5 Å². The van der Waals surface area contributed by atoms with Crippen molar-refractivity contribution in [2.45, 2.75) is 44.6 Å². The summed E-state index contributed by atoms with van der Waals surface area (Å²) in [6.07, 6.45) is 3.56. The van der Waals surface area contributed by atoms with Crippen LogP contribution in [0.2, 0.25) is 0 Å². The molecule has 0 aliphatic carbocycles. The summed E-state index contributed by atoms with van der Waals surface area (Å²) in [5, 5.41) is 7.12. The van der Waals surface area contributed by atoms with Crippen LogP contribution in [0.5, 0.6) is 0 Å². The van der Waals surface area contributed by atoms with Crippen molar-refractivity contribution in [2.24, 2.45) is 0 Å². The van der Waals surface area contributed by atoms with E-state index in [2.05, 4.69) is 34.5 Å². The first kappa shape index (κ1) is 16.6. The maximum Gasteiger partial charge on any atom is 0.228 e. The van der Waals surface area contributed by atoms with Gasteiger partial charge in [0, 0.05) is 26.1 Å². The molecule has 1 saturated heterocycles. The second-order valence-corrected chi connectivity index (χ2v) is 6.26. The number of amides is 1. The molecule has 1 aliphatic heterocycles. The summed E-state index contributed by atoms with van der Waals surface area (Å²) >= 11 is 0. The van der Waals surface area contributed by atoms with E-state index in [4.69, 9.17) is 9.26 Å². The molecule has 3 rings (SSSR count). The molecule has 0 spiro atoms. The Bertz CT molecular complexity index is 661. The summed E-state index contributed by atoms with van der Waals surface area (Å²) < 4.78 is 10.3. The zero-order valence-electron chi connectivity index (χ0n) is 14.1. The molecule has 1 N–H and O–H groups in total. The van der Waals surface area contributed by atoms with Gasteiger partial charge >= 0.3 is 0 Å². The predicted molar refractivity (Wildman–Crippen MR) is 88.4 cm³/mol. The highest BCUT2D eigenvalue weighted by molar-refractivity contribution is 5.84. The molecule has 1 atom stereocenters. The Labute approximate surface area is 141 Å². The normalized spacial score (nSPS) is 18.1. The Balaban J connectivity index is 1.77. The molecule has 2 heterocycles. The molecule has 1 aromatic carbocycles. The molecule has 0 saturated carbocycles. The first-order valence-corrected chi connectivity index (χ1v) is 8.40. The average molecular weight is 329 g/mol. The number of rotatable bonds is 5. The molecule has 2 aromatic rings. The van der Waals surface area contributed by atoms with Gasteiger partial charge in [-0.15, -0.1) is 0 Å². The molecule has 24 heavy (non-hydrogen) atoms. The van der Waals surface area contributed by atoms with Crippen molar-refractivity contribution < 1.29 is 14.1 Å². The third-order valence-electron chi connectivity index (χ3n) is 4.78. The Hall–Kier alpha value is -2.21. The summed E-state index contributed by atoms with van der Waals surface area (Å²) in [6, 6.07) is 8.19. The highest BCUT2D eigenvalue weighted by Gasteiger charge is 2.40. The van der Waals surface area contributed by atoms with Crippen LogP contribution >= 0.6 is 0 Å². The predicted octanol–water partition coefficient (Wildman–Crippen LogP) is 2.56. The minimum Gasteiger partial charge on any atom is -0.381 e. The zero-order chi connectivity index (χ0) is 17.0. The third kappa shape index (κ3) is 3.33. The average Bonchev–Trinajstić information content (AvgIpc) is 3.17. The minimum atomic E-state index is -0.611. The van der Waals surface area contributed by atoms with Crippen molar-refractivity contribution in [3.63, 3.8) is 0 Å². The van der Waals surface area contributed by atoms with Gasteiger partial charge in [-0.3, -0.25) is 4.79 Å². The van der Waals surface area contributed by atoms with Gasteiger partial charge in [-0.25, -0.2) is 0 Å². The van der Waals surface area contributed by atoms with E-state index >= 15 is 0 Å². The second-order valence-electron chi connectivity index (χ2n) is 6.26. The summed E-state index contributed by atoms with van der Waals surface area (Å²) in [5.41, 5.74) is 1.65. The van der Waals surface area contributed by atoms with Gasteiger partial charge in [0.15, 0.2) is 5.82 Å². The van der Waals surface area contributed by atoms with Crippen LogP contribution in [0.4, 0.5) is 0 Å². The fraction of sp³-hybridized carbons (Fsp3) is 0.500. The van der Waals surface area contributed by atoms with E-state index in [0.29, 0.717) is 31.9 Å². The number of ether oxygens (including phenoxy) is 1. The smallest absolute Gasteiger partial charge is 0.228 e. The summed E-state index contributed by atoms with van der Waals surface area (Å²) in [7, 11) is 0. The summed E-state index contributed by atoms with van der Waals surface area (Å²) in [6.45, 7) is 5.16. The lowest BCUT2D eigenvalue weighted by Gasteiger charge is -2.36. The SMILES string of the molecule is CCc1ccc([C@H](C)C(=O)NC2(c3ncon3)CCOCC2)cc1. The number of aryl methyl sites for hydroxylation is 1. The summed E-state index contributed by atoms with van der Waals surface area (Å²) in [4.78, 5) is 17.0. The number of hydrogen-bond acceptors (Lipinski definition) is 5. The van der Waals surface area contributed by atoms with Crippen LogP contribution < -0.4 is 5.32 Å². The first-order chi connectivity index (χ1) is 11.6. The highest BCUT2D eigenvalue weighted by Crippen LogP contribution is 2.31. The maximum absolute atomic E-state index is 12.8. The van der Waals surface area contributed by atoms with E-state index in [1.54, 1.807) is 0 Å². The lowest BCUT2D eigenvalue weighted by atomic mass is 9.87. The van der Waals surface area contributed by atoms with E-state index in [9.17, 15) is 4.79 Å². The molecule has 1 fully saturated rings. The van der Waals surface area contributed by atoms with Crippen molar-refractivity contribution in [2.75, 3.05) is 13.2 Å². The molecule has 1 amide bonds. The molecule has 1 aliphatic rings. The molecule has 0 bridgehead atoms. The highest BCUT2D eigenvalue weighted by atomic mass is 16.5. The van der Waals surface area contributed by atoms with Gasteiger partial charge in [-0.2, -0.15) is 4.98 Å². The first-order valence-electron chi connectivity index (χ1n) is 8.40. The van der Waals surface area contributed by atoms with Gasteiger partial charge in [-0.1, -0.05) is 36.3 Å². The Morgan fingerprint density at radius 1 is 1.29 bits per heavy atom. The quantitative estimate of drug-likeness (QED) is 0.912. The van der Waals surface area contributed by atoms with Gasteiger partial charge in [-0.05, 0) is 24.5 Å². The van der Waals surface area contributed by atoms with Crippen molar-refractivity contribution in [1.82, 2.24) is 15.5 Å². The Morgan fingerprint density at radius 2 is 2.00 bits per heavy atom. The lowest BCUT2D eigenvalue weighted by molar-refractivity contribution is -0.125. The van der Waals surface area contributed by atoms with Crippen LogP contribution in [0.15, 0.2) is 35.2 Å². The van der Waals surface area contributed by atoms with Crippen LogP contribution in [-0.4, -0.2) is 29.3 Å². The number of hydrogen-bond donors (Lipinski definition) is 1. The molecule has 6 nitrogen and oxygen atoms in total. The number of benzene rings is 1. The van der Waals surface area contributed by atoms with E-state index in [-0.39, 0.29) is 11.8 Å². The Kier molecular flexibility index (Phi) is 4.94. The van der Waals surface area contributed by atoms with Crippen molar-refractivity contribution in [3.05, 3.63) is 47.6 Å². The van der Waals surface area contributed by atoms with Crippen LogP contribution in [0.1, 0.15) is 49.6 Å². The topological polar surface area (TPSA) is 77.3 Å². The molecule has 0 radical (unpaired) electrons. The standard InChI is InChI=1S/C18H23N3O3/c1-3-14-4-6-15(7-5-14)13(2)16(22)20-18(8-10-23-11-9-18)17-19-12-24-21-17/h4-7,12-13H,3,8-11H2,1-2H3,(H,20,22)/t13-/m0/s1. The van der Waals surface area contributed by atoms with Crippen molar-refractivity contribution in [1.29, 1.82) is 0 Å². The van der Waals surface area contributed by atoms with Crippen LogP contribution in [0, 0.1) is 0 Å². The lowest BCUT2D eigenvalue weighted by Crippen LogP contribution is -2.51. The number of nitrogens with zero attached hydrogens (tertiary/aromatic N) is 2. The van der Waals surface area contributed by atoms with E-state index in [0.717, 1.165) is 12.0 Å². The number of carbonyl (C=O) groups excluding carboxylic acids is 1. The molecular formula is C18H23N3O3. The molecule has 6 heteroatoms. The van der Waals surface area contributed by atoms with Crippen LogP contribution in [0.3, 0.4) is 0 Å². The third-order valence-corrected chi connectivity index (χ3v) is 4.78. The summed E-state index contributed by atoms with van der Waals surface area (Å²) in [5.74, 6) is 0.237. The monoisotopic (exact) mass is 329 g/mol.